The zero-order chi connectivity index (χ0) is 13.9. The van der Waals surface area contributed by atoms with Gasteiger partial charge in [0, 0.05) is 23.5 Å². The standard InChI is InChI=1S/C16H20N2OS/c1-11-10-20-15(18-11)9-14(17-2)16-13-6-4-3-5-12(13)7-8-19-16/h3-6,10,14,16-17H,7-9H2,1-2H3. The molecule has 4 heteroatoms. The van der Waals surface area contributed by atoms with Gasteiger partial charge in [-0.1, -0.05) is 24.3 Å². The molecule has 0 aliphatic carbocycles. The van der Waals surface area contributed by atoms with Gasteiger partial charge in [0.25, 0.3) is 0 Å². The van der Waals surface area contributed by atoms with Crippen LogP contribution >= 0.6 is 11.3 Å². The van der Waals surface area contributed by atoms with Crippen LogP contribution in [0.15, 0.2) is 29.6 Å². The third kappa shape index (κ3) is 2.77. The highest BCUT2D eigenvalue weighted by atomic mass is 32.1. The average molecular weight is 288 g/mol. The van der Waals surface area contributed by atoms with Crippen molar-refractivity contribution in [2.24, 2.45) is 0 Å². The summed E-state index contributed by atoms with van der Waals surface area (Å²) in [6, 6.07) is 8.88. The first kappa shape index (κ1) is 13.7. The fourth-order valence-corrected chi connectivity index (χ4v) is 3.63. The molecule has 3 nitrogen and oxygen atoms in total. The normalized spacial score (nSPS) is 19.6. The number of rotatable bonds is 4. The lowest BCUT2D eigenvalue weighted by Gasteiger charge is -2.32. The van der Waals surface area contributed by atoms with Gasteiger partial charge in [-0.2, -0.15) is 0 Å². The van der Waals surface area contributed by atoms with Crippen LogP contribution in [0.25, 0.3) is 0 Å². The Morgan fingerprint density at radius 1 is 1.45 bits per heavy atom. The smallest absolute Gasteiger partial charge is 0.0984 e. The second-order valence-corrected chi connectivity index (χ2v) is 6.16. The summed E-state index contributed by atoms with van der Waals surface area (Å²) in [4.78, 5) is 4.57. The molecular formula is C16H20N2OS. The molecule has 0 radical (unpaired) electrons. The highest BCUT2D eigenvalue weighted by Crippen LogP contribution is 2.31. The Balaban J connectivity index is 1.83. The quantitative estimate of drug-likeness (QED) is 0.939. The molecule has 2 heterocycles. The van der Waals surface area contributed by atoms with Gasteiger partial charge in [-0.25, -0.2) is 4.98 Å². The van der Waals surface area contributed by atoms with Crippen LogP contribution in [-0.4, -0.2) is 24.7 Å². The van der Waals surface area contributed by atoms with E-state index in [0.717, 1.165) is 25.1 Å². The molecule has 1 N–H and O–H groups in total. The minimum absolute atomic E-state index is 0.120. The molecule has 1 aliphatic rings. The zero-order valence-electron chi connectivity index (χ0n) is 11.9. The summed E-state index contributed by atoms with van der Waals surface area (Å²) in [5.41, 5.74) is 3.84. The van der Waals surface area contributed by atoms with E-state index in [2.05, 4.69) is 39.9 Å². The summed E-state index contributed by atoms with van der Waals surface area (Å²) in [6.07, 6.45) is 2.04. The second kappa shape index (κ2) is 6.04. The Labute approximate surface area is 124 Å². The van der Waals surface area contributed by atoms with Gasteiger partial charge in [0.05, 0.1) is 17.7 Å². The van der Waals surface area contributed by atoms with Crippen LogP contribution in [0.3, 0.4) is 0 Å². The van der Waals surface area contributed by atoms with E-state index in [9.17, 15) is 0 Å². The van der Waals surface area contributed by atoms with E-state index in [0.29, 0.717) is 0 Å². The van der Waals surface area contributed by atoms with Crippen molar-refractivity contribution in [3.05, 3.63) is 51.5 Å². The second-order valence-electron chi connectivity index (χ2n) is 5.22. The Morgan fingerprint density at radius 3 is 3.05 bits per heavy atom. The van der Waals surface area contributed by atoms with Crippen LogP contribution in [0, 0.1) is 6.92 Å². The third-order valence-corrected chi connectivity index (χ3v) is 4.82. The van der Waals surface area contributed by atoms with Crippen LogP contribution in [0.5, 0.6) is 0 Å². The Morgan fingerprint density at radius 2 is 2.30 bits per heavy atom. The number of hydrogen-bond acceptors (Lipinski definition) is 4. The number of ether oxygens (including phenoxy) is 1. The lowest BCUT2D eigenvalue weighted by molar-refractivity contribution is 0.0172. The highest BCUT2D eigenvalue weighted by Gasteiger charge is 2.28. The van der Waals surface area contributed by atoms with Crippen molar-refractivity contribution >= 4 is 11.3 Å². The van der Waals surface area contributed by atoms with Gasteiger partial charge in [0.15, 0.2) is 0 Å². The fraction of sp³-hybridized carbons (Fsp3) is 0.438. The molecule has 20 heavy (non-hydrogen) atoms. The van der Waals surface area contributed by atoms with Crippen molar-refractivity contribution in [2.75, 3.05) is 13.7 Å². The fourth-order valence-electron chi connectivity index (χ4n) is 2.80. The summed E-state index contributed by atoms with van der Waals surface area (Å²) in [7, 11) is 2.01. The Hall–Kier alpha value is -1.23. The molecule has 3 rings (SSSR count). The Bertz CT molecular complexity index is 581. The maximum Gasteiger partial charge on any atom is 0.0984 e. The first-order valence-electron chi connectivity index (χ1n) is 7.05. The Kier molecular flexibility index (Phi) is 4.15. The van der Waals surface area contributed by atoms with E-state index in [1.807, 2.05) is 14.0 Å². The number of hydrogen-bond donors (Lipinski definition) is 1. The van der Waals surface area contributed by atoms with E-state index in [4.69, 9.17) is 4.74 Å². The van der Waals surface area contributed by atoms with Crippen LogP contribution in [0.4, 0.5) is 0 Å². The molecule has 106 valence electrons. The van der Waals surface area contributed by atoms with Crippen molar-refractivity contribution in [3.8, 4) is 0 Å². The van der Waals surface area contributed by atoms with Gasteiger partial charge in [0.2, 0.25) is 0 Å². The average Bonchev–Trinajstić information content (AvgIpc) is 2.89. The lowest BCUT2D eigenvalue weighted by Crippen LogP contribution is -2.38. The summed E-state index contributed by atoms with van der Waals surface area (Å²) in [5, 5.41) is 6.70. The number of thiazole rings is 1. The van der Waals surface area contributed by atoms with Gasteiger partial charge in [-0.15, -0.1) is 11.3 Å². The minimum atomic E-state index is 0.120. The van der Waals surface area contributed by atoms with Crippen molar-refractivity contribution < 1.29 is 4.74 Å². The number of fused-ring (bicyclic) bond motifs is 1. The van der Waals surface area contributed by atoms with Gasteiger partial charge < -0.3 is 10.1 Å². The van der Waals surface area contributed by atoms with Gasteiger partial charge in [0.1, 0.15) is 0 Å². The molecule has 2 atom stereocenters. The molecule has 0 spiro atoms. The maximum absolute atomic E-state index is 6.05. The highest BCUT2D eigenvalue weighted by molar-refractivity contribution is 7.09. The van der Waals surface area contributed by atoms with Crippen molar-refractivity contribution in [1.29, 1.82) is 0 Å². The first-order valence-corrected chi connectivity index (χ1v) is 7.93. The molecule has 1 aliphatic heterocycles. The minimum Gasteiger partial charge on any atom is -0.372 e. The number of nitrogens with zero attached hydrogens (tertiary/aromatic N) is 1. The SMILES string of the molecule is CNC(Cc1nc(C)cs1)C1OCCc2ccccc21. The zero-order valence-corrected chi connectivity index (χ0v) is 12.7. The van der Waals surface area contributed by atoms with Crippen LogP contribution in [-0.2, 0) is 17.6 Å². The van der Waals surface area contributed by atoms with Gasteiger partial charge in [-0.05, 0) is 31.5 Å². The third-order valence-electron chi connectivity index (χ3n) is 3.83. The molecule has 0 bridgehead atoms. The van der Waals surface area contributed by atoms with Crippen molar-refractivity contribution in [1.82, 2.24) is 10.3 Å². The molecule has 2 unspecified atom stereocenters. The number of aromatic nitrogens is 1. The summed E-state index contributed by atoms with van der Waals surface area (Å²) in [5.74, 6) is 0. The van der Waals surface area contributed by atoms with E-state index < -0.39 is 0 Å². The van der Waals surface area contributed by atoms with Crippen molar-refractivity contribution in [3.63, 3.8) is 0 Å². The predicted molar refractivity (Wildman–Crippen MR) is 82.2 cm³/mol. The summed E-state index contributed by atoms with van der Waals surface area (Å²) in [6.45, 7) is 2.84. The monoisotopic (exact) mass is 288 g/mol. The number of likely N-dealkylation sites (N-methyl/N-ethyl adjacent to an activating group) is 1. The van der Waals surface area contributed by atoms with Crippen LogP contribution in [0.2, 0.25) is 0 Å². The van der Waals surface area contributed by atoms with E-state index in [1.165, 1.54) is 16.1 Å². The molecular weight excluding hydrogens is 268 g/mol. The van der Waals surface area contributed by atoms with E-state index in [1.54, 1.807) is 11.3 Å². The van der Waals surface area contributed by atoms with E-state index in [-0.39, 0.29) is 12.1 Å². The number of aryl methyl sites for hydroxylation is 1. The molecule has 0 amide bonds. The lowest BCUT2D eigenvalue weighted by atomic mass is 9.92. The van der Waals surface area contributed by atoms with Crippen molar-refractivity contribution in [2.45, 2.75) is 31.9 Å². The van der Waals surface area contributed by atoms with Crippen LogP contribution < -0.4 is 5.32 Å². The molecule has 1 aromatic heterocycles. The van der Waals surface area contributed by atoms with E-state index >= 15 is 0 Å². The maximum atomic E-state index is 6.05. The molecule has 0 saturated carbocycles. The van der Waals surface area contributed by atoms with Gasteiger partial charge in [-0.3, -0.25) is 0 Å². The molecule has 1 aromatic carbocycles. The topological polar surface area (TPSA) is 34.2 Å². The summed E-state index contributed by atoms with van der Waals surface area (Å²) < 4.78 is 6.05. The number of benzene rings is 1. The van der Waals surface area contributed by atoms with Crippen LogP contribution in [0.1, 0.15) is 27.9 Å². The summed E-state index contributed by atoms with van der Waals surface area (Å²) >= 11 is 1.73. The largest absolute Gasteiger partial charge is 0.372 e. The first-order chi connectivity index (χ1) is 9.78. The molecule has 0 saturated heterocycles. The predicted octanol–water partition coefficient (Wildman–Crippen LogP) is 2.90. The molecule has 2 aromatic rings. The molecule has 0 fully saturated rings. The number of nitrogens with one attached hydrogen (secondary N) is 1. The van der Waals surface area contributed by atoms with Gasteiger partial charge >= 0.3 is 0 Å².